The van der Waals surface area contributed by atoms with Crippen molar-refractivity contribution in [3.8, 4) is 5.75 Å². The molecule has 146 valence electrons. The van der Waals surface area contributed by atoms with Crippen LogP contribution in [0.5, 0.6) is 5.75 Å². The fourth-order valence-corrected chi connectivity index (χ4v) is 5.34. The van der Waals surface area contributed by atoms with Crippen molar-refractivity contribution in [2.45, 2.75) is 37.8 Å². The Morgan fingerprint density at radius 3 is 2.67 bits per heavy atom. The van der Waals surface area contributed by atoms with Crippen LogP contribution in [0.2, 0.25) is 5.02 Å². The van der Waals surface area contributed by atoms with E-state index in [0.29, 0.717) is 61.6 Å². The summed E-state index contributed by atoms with van der Waals surface area (Å²) in [6.07, 6.45) is 0.670. The van der Waals surface area contributed by atoms with Crippen LogP contribution in [0.15, 0.2) is 21.6 Å². The number of hydrogen-bond donors (Lipinski definition) is 0. The van der Waals surface area contributed by atoms with Gasteiger partial charge in [0.1, 0.15) is 11.9 Å². The molecule has 2 aliphatic heterocycles. The van der Waals surface area contributed by atoms with Gasteiger partial charge in [-0.25, -0.2) is 8.42 Å². The largest absolute Gasteiger partial charge is 0.489 e. The van der Waals surface area contributed by atoms with E-state index in [1.165, 1.54) is 10.4 Å². The Kier molecular flexibility index (Phi) is 4.87. The Balaban J connectivity index is 1.46. The molecule has 0 aliphatic carbocycles. The third-order valence-electron chi connectivity index (χ3n) is 4.82. The standard InChI is InChI=1S/C17H21ClN4O4S/c1-11-7-13-8-14(9-15(18)17(13)25-11)27(23,24)22-5-3-21(4-6-22)10-16-19-12(2)26-20-16/h8-9,11H,3-7,10H2,1-2H3. The molecule has 0 bridgehead atoms. The summed E-state index contributed by atoms with van der Waals surface area (Å²) < 4.78 is 38.3. The summed E-state index contributed by atoms with van der Waals surface area (Å²) in [6.45, 7) is 6.24. The molecule has 10 heteroatoms. The molecule has 27 heavy (non-hydrogen) atoms. The van der Waals surface area contributed by atoms with E-state index in [9.17, 15) is 8.42 Å². The molecule has 1 atom stereocenters. The van der Waals surface area contributed by atoms with Crippen molar-refractivity contribution in [2.75, 3.05) is 26.2 Å². The lowest BCUT2D eigenvalue weighted by Crippen LogP contribution is -2.48. The van der Waals surface area contributed by atoms with Crippen LogP contribution >= 0.6 is 11.6 Å². The highest BCUT2D eigenvalue weighted by molar-refractivity contribution is 7.89. The zero-order chi connectivity index (χ0) is 19.2. The fourth-order valence-electron chi connectivity index (χ4n) is 3.49. The molecule has 0 amide bonds. The molecule has 0 radical (unpaired) electrons. The second kappa shape index (κ2) is 7.05. The van der Waals surface area contributed by atoms with E-state index in [0.717, 1.165) is 5.56 Å². The zero-order valence-electron chi connectivity index (χ0n) is 15.2. The van der Waals surface area contributed by atoms with Crippen molar-refractivity contribution in [1.29, 1.82) is 0 Å². The normalized spacial score (nSPS) is 21.2. The van der Waals surface area contributed by atoms with Crippen molar-refractivity contribution < 1.29 is 17.7 Å². The molecule has 1 fully saturated rings. The van der Waals surface area contributed by atoms with E-state index < -0.39 is 10.0 Å². The van der Waals surface area contributed by atoms with Gasteiger partial charge in [-0.05, 0) is 19.1 Å². The molecule has 0 spiro atoms. The average Bonchev–Trinajstić information content (AvgIpc) is 3.20. The van der Waals surface area contributed by atoms with Crippen molar-refractivity contribution in [2.24, 2.45) is 0 Å². The molecule has 1 unspecified atom stereocenters. The van der Waals surface area contributed by atoms with Crippen LogP contribution in [-0.2, 0) is 23.0 Å². The number of sulfonamides is 1. The Bertz CT molecular complexity index is 954. The number of aromatic nitrogens is 2. The quantitative estimate of drug-likeness (QED) is 0.757. The summed E-state index contributed by atoms with van der Waals surface area (Å²) in [5.74, 6) is 1.74. The van der Waals surface area contributed by atoms with Gasteiger partial charge in [-0.15, -0.1) is 0 Å². The molecule has 1 saturated heterocycles. The predicted molar refractivity (Wildman–Crippen MR) is 98.3 cm³/mol. The number of ether oxygens (including phenoxy) is 1. The first-order chi connectivity index (χ1) is 12.8. The minimum Gasteiger partial charge on any atom is -0.489 e. The van der Waals surface area contributed by atoms with Gasteiger partial charge in [0.15, 0.2) is 5.82 Å². The molecule has 2 aliphatic rings. The van der Waals surface area contributed by atoms with Gasteiger partial charge in [0.2, 0.25) is 15.9 Å². The van der Waals surface area contributed by atoms with Crippen LogP contribution in [0.4, 0.5) is 0 Å². The number of nitrogens with zero attached hydrogens (tertiary/aromatic N) is 4. The van der Waals surface area contributed by atoms with Gasteiger partial charge in [-0.2, -0.15) is 9.29 Å². The summed E-state index contributed by atoms with van der Waals surface area (Å²) in [6, 6.07) is 3.18. The summed E-state index contributed by atoms with van der Waals surface area (Å²) in [4.78, 5) is 6.53. The van der Waals surface area contributed by atoms with Crippen LogP contribution in [0, 0.1) is 6.92 Å². The molecule has 0 N–H and O–H groups in total. The highest BCUT2D eigenvalue weighted by Crippen LogP contribution is 2.38. The van der Waals surface area contributed by atoms with Crippen molar-refractivity contribution in [3.63, 3.8) is 0 Å². The minimum absolute atomic E-state index is 0.00720. The zero-order valence-corrected chi connectivity index (χ0v) is 16.8. The lowest BCUT2D eigenvalue weighted by molar-refractivity contribution is 0.176. The smallest absolute Gasteiger partial charge is 0.243 e. The van der Waals surface area contributed by atoms with E-state index in [1.807, 2.05) is 6.92 Å². The lowest BCUT2D eigenvalue weighted by atomic mass is 10.1. The van der Waals surface area contributed by atoms with Gasteiger partial charge < -0.3 is 9.26 Å². The van der Waals surface area contributed by atoms with Gasteiger partial charge in [0.25, 0.3) is 0 Å². The molecule has 8 nitrogen and oxygen atoms in total. The Morgan fingerprint density at radius 2 is 2.00 bits per heavy atom. The first kappa shape index (κ1) is 18.7. The fraction of sp³-hybridized carbons (Fsp3) is 0.529. The molecular weight excluding hydrogens is 392 g/mol. The molecule has 3 heterocycles. The monoisotopic (exact) mass is 412 g/mol. The number of fused-ring (bicyclic) bond motifs is 1. The molecule has 1 aromatic heterocycles. The molecule has 4 rings (SSSR count). The van der Waals surface area contributed by atoms with Crippen molar-refractivity contribution in [3.05, 3.63) is 34.4 Å². The second-order valence-corrected chi connectivity index (χ2v) is 9.28. The molecule has 0 saturated carbocycles. The highest BCUT2D eigenvalue weighted by Gasteiger charge is 2.32. The Morgan fingerprint density at radius 1 is 1.26 bits per heavy atom. The average molecular weight is 413 g/mol. The Hall–Kier alpha value is -1.68. The molecule has 2 aromatic rings. The van der Waals surface area contributed by atoms with Crippen LogP contribution in [0.3, 0.4) is 0 Å². The maximum absolute atomic E-state index is 13.1. The number of halogens is 1. The van der Waals surface area contributed by atoms with E-state index in [1.54, 1.807) is 13.0 Å². The summed E-state index contributed by atoms with van der Waals surface area (Å²) in [5, 5.41) is 4.24. The predicted octanol–water partition coefficient (Wildman–Crippen LogP) is 1.86. The van der Waals surface area contributed by atoms with Gasteiger partial charge in [0.05, 0.1) is 16.5 Å². The molecular formula is C17H21ClN4O4S. The third kappa shape index (κ3) is 3.69. The van der Waals surface area contributed by atoms with E-state index in [2.05, 4.69) is 15.0 Å². The van der Waals surface area contributed by atoms with Crippen LogP contribution in [-0.4, -0.2) is 60.0 Å². The number of piperazine rings is 1. The van der Waals surface area contributed by atoms with Crippen LogP contribution in [0.1, 0.15) is 24.2 Å². The van der Waals surface area contributed by atoms with E-state index >= 15 is 0 Å². The van der Waals surface area contributed by atoms with Gasteiger partial charge in [0, 0.05) is 45.1 Å². The first-order valence-electron chi connectivity index (χ1n) is 8.83. The number of rotatable bonds is 4. The topological polar surface area (TPSA) is 88.8 Å². The van der Waals surface area contributed by atoms with Crippen LogP contribution in [0.25, 0.3) is 0 Å². The first-order valence-corrected chi connectivity index (χ1v) is 10.7. The van der Waals surface area contributed by atoms with Crippen molar-refractivity contribution >= 4 is 21.6 Å². The number of benzene rings is 1. The van der Waals surface area contributed by atoms with Gasteiger partial charge in [-0.1, -0.05) is 16.8 Å². The van der Waals surface area contributed by atoms with Gasteiger partial charge >= 0.3 is 0 Å². The summed E-state index contributed by atoms with van der Waals surface area (Å²) >= 11 is 6.26. The lowest BCUT2D eigenvalue weighted by Gasteiger charge is -2.33. The maximum atomic E-state index is 13.1. The number of aryl methyl sites for hydroxylation is 1. The Labute approximate surface area is 163 Å². The molecule has 1 aromatic carbocycles. The van der Waals surface area contributed by atoms with E-state index in [-0.39, 0.29) is 11.0 Å². The van der Waals surface area contributed by atoms with E-state index in [4.69, 9.17) is 20.9 Å². The second-order valence-electron chi connectivity index (χ2n) is 6.94. The van der Waals surface area contributed by atoms with Gasteiger partial charge in [-0.3, -0.25) is 4.90 Å². The minimum atomic E-state index is -3.60. The summed E-state index contributed by atoms with van der Waals surface area (Å²) in [5.41, 5.74) is 0.847. The van der Waals surface area contributed by atoms with Crippen LogP contribution < -0.4 is 4.74 Å². The SMILES string of the molecule is Cc1nc(CN2CCN(S(=O)(=O)c3cc(Cl)c4c(c3)CC(C)O4)CC2)no1. The number of hydrogen-bond acceptors (Lipinski definition) is 7. The maximum Gasteiger partial charge on any atom is 0.243 e. The third-order valence-corrected chi connectivity index (χ3v) is 6.98. The van der Waals surface area contributed by atoms with Crippen molar-refractivity contribution in [1.82, 2.24) is 19.3 Å². The summed E-state index contributed by atoms with van der Waals surface area (Å²) in [7, 11) is -3.60. The highest BCUT2D eigenvalue weighted by atomic mass is 35.5.